The van der Waals surface area contributed by atoms with Gasteiger partial charge in [-0.25, -0.2) is 0 Å². The highest BCUT2D eigenvalue weighted by Crippen LogP contribution is 2.21. The van der Waals surface area contributed by atoms with E-state index in [1.807, 2.05) is 24.1 Å². The predicted octanol–water partition coefficient (Wildman–Crippen LogP) is 0.337. The number of aryl methyl sites for hydroxylation is 1. The molecule has 8 heteroatoms. The molecule has 1 aromatic rings. The van der Waals surface area contributed by atoms with E-state index in [4.69, 9.17) is 14.5 Å². The highest BCUT2D eigenvalue weighted by Gasteiger charge is 2.25. The largest absolute Gasteiger partial charge is 0.383 e. The van der Waals surface area contributed by atoms with Crippen LogP contribution < -0.4 is 5.32 Å². The lowest BCUT2D eigenvalue weighted by molar-refractivity contribution is -0.00805. The molecule has 2 heterocycles. The predicted molar refractivity (Wildman–Crippen MR) is 98.8 cm³/mol. The molecule has 142 valence electrons. The zero-order chi connectivity index (χ0) is 18.1. The fourth-order valence-corrected chi connectivity index (χ4v) is 2.76. The molecule has 0 aromatic carbocycles. The van der Waals surface area contributed by atoms with Gasteiger partial charge in [-0.3, -0.25) is 9.67 Å². The molecule has 0 aliphatic carbocycles. The number of aliphatic imine (C=N–C) groups is 1. The lowest BCUT2D eigenvalue weighted by atomic mass is 10.1. The Bertz CT molecular complexity index is 533. The lowest BCUT2D eigenvalue weighted by Crippen LogP contribution is -2.48. The van der Waals surface area contributed by atoms with Gasteiger partial charge in [0.25, 0.3) is 0 Å². The van der Waals surface area contributed by atoms with E-state index < -0.39 is 0 Å². The maximum Gasteiger partial charge on any atom is 0.194 e. The van der Waals surface area contributed by atoms with Crippen molar-refractivity contribution in [2.45, 2.75) is 13.0 Å². The number of methoxy groups -OCH3 is 1. The summed E-state index contributed by atoms with van der Waals surface area (Å²) in [5.41, 5.74) is 1.11. The molecule has 1 N–H and O–H groups in total. The minimum absolute atomic E-state index is 0.0377. The topological polar surface area (TPSA) is 67.2 Å². The van der Waals surface area contributed by atoms with Crippen LogP contribution in [0.1, 0.15) is 18.6 Å². The fourth-order valence-electron chi connectivity index (χ4n) is 2.76. The summed E-state index contributed by atoms with van der Waals surface area (Å²) in [5, 5.41) is 7.65. The van der Waals surface area contributed by atoms with E-state index in [0.29, 0.717) is 6.61 Å². The molecular formula is C17H32N6O2. The van der Waals surface area contributed by atoms with Gasteiger partial charge in [0.05, 0.1) is 32.5 Å². The highest BCUT2D eigenvalue weighted by molar-refractivity contribution is 5.80. The number of guanidine groups is 1. The number of likely N-dealkylation sites (N-methyl/N-ethyl adjacent to an activating group) is 1. The quantitative estimate of drug-likeness (QED) is 0.537. The van der Waals surface area contributed by atoms with E-state index in [1.165, 1.54) is 0 Å². The summed E-state index contributed by atoms with van der Waals surface area (Å²) in [6, 6.07) is 0. The molecule has 1 aromatic heterocycles. The van der Waals surface area contributed by atoms with E-state index in [-0.39, 0.29) is 6.10 Å². The van der Waals surface area contributed by atoms with E-state index in [0.717, 1.165) is 57.4 Å². The summed E-state index contributed by atoms with van der Waals surface area (Å²) in [6.07, 6.45) is 3.93. The summed E-state index contributed by atoms with van der Waals surface area (Å²) in [5.74, 6) is 0.958. The molecule has 0 bridgehead atoms. The maximum absolute atomic E-state index is 5.92. The molecule has 0 spiro atoms. The Morgan fingerprint density at radius 2 is 2.36 bits per heavy atom. The van der Waals surface area contributed by atoms with Crippen LogP contribution in [0.4, 0.5) is 0 Å². The van der Waals surface area contributed by atoms with Gasteiger partial charge in [0.2, 0.25) is 0 Å². The first-order chi connectivity index (χ1) is 12.1. The average molecular weight is 352 g/mol. The molecule has 1 unspecified atom stereocenters. The van der Waals surface area contributed by atoms with Crippen LogP contribution in [0.2, 0.25) is 0 Å². The van der Waals surface area contributed by atoms with Crippen LogP contribution in [0.25, 0.3) is 0 Å². The molecular weight excluding hydrogens is 320 g/mol. The van der Waals surface area contributed by atoms with Gasteiger partial charge in [-0.15, -0.1) is 0 Å². The molecule has 1 aliphatic rings. The molecule has 8 nitrogen and oxygen atoms in total. The summed E-state index contributed by atoms with van der Waals surface area (Å²) in [4.78, 5) is 9.30. The Hall–Kier alpha value is -1.64. The molecule has 1 fully saturated rings. The third-order valence-corrected chi connectivity index (χ3v) is 4.22. The first-order valence-electron chi connectivity index (χ1n) is 8.95. The zero-order valence-corrected chi connectivity index (χ0v) is 15.9. The molecule has 25 heavy (non-hydrogen) atoms. The number of nitrogens with one attached hydrogen (secondary N) is 1. The third-order valence-electron chi connectivity index (χ3n) is 4.22. The van der Waals surface area contributed by atoms with Gasteiger partial charge in [-0.05, 0) is 14.0 Å². The Morgan fingerprint density at radius 3 is 3.04 bits per heavy atom. The number of ether oxygens (including phenoxy) is 2. The second-order valence-electron chi connectivity index (χ2n) is 6.28. The van der Waals surface area contributed by atoms with E-state index in [9.17, 15) is 0 Å². The van der Waals surface area contributed by atoms with Crippen molar-refractivity contribution in [2.24, 2.45) is 12.0 Å². The van der Waals surface area contributed by atoms with E-state index in [2.05, 4.69) is 34.2 Å². The summed E-state index contributed by atoms with van der Waals surface area (Å²) < 4.78 is 12.8. The Balaban J connectivity index is 1.92. The summed E-state index contributed by atoms with van der Waals surface area (Å²) in [7, 11) is 5.75. The van der Waals surface area contributed by atoms with Crippen LogP contribution in [-0.2, 0) is 16.5 Å². The van der Waals surface area contributed by atoms with Crippen LogP contribution in [0.3, 0.4) is 0 Å². The van der Waals surface area contributed by atoms with Crippen molar-refractivity contribution in [2.75, 3.05) is 66.6 Å². The van der Waals surface area contributed by atoms with E-state index in [1.54, 1.807) is 7.11 Å². The Morgan fingerprint density at radius 1 is 1.52 bits per heavy atom. The van der Waals surface area contributed by atoms with Crippen molar-refractivity contribution in [3.05, 3.63) is 18.0 Å². The fraction of sp³-hybridized carbons (Fsp3) is 0.765. The lowest BCUT2D eigenvalue weighted by Gasteiger charge is -2.34. The van der Waals surface area contributed by atoms with Gasteiger partial charge in [0.15, 0.2) is 5.96 Å². The average Bonchev–Trinajstić information content (AvgIpc) is 3.06. The van der Waals surface area contributed by atoms with Crippen molar-refractivity contribution in [3.8, 4) is 0 Å². The normalized spacial score (nSPS) is 18.8. The summed E-state index contributed by atoms with van der Waals surface area (Å²) in [6.45, 7) is 8.62. The number of nitrogens with zero attached hydrogens (tertiary/aromatic N) is 5. The van der Waals surface area contributed by atoms with Crippen molar-refractivity contribution >= 4 is 5.96 Å². The number of aromatic nitrogens is 2. The monoisotopic (exact) mass is 352 g/mol. The van der Waals surface area contributed by atoms with Gasteiger partial charge >= 0.3 is 0 Å². The maximum atomic E-state index is 5.92. The standard InChI is InChI=1S/C17H32N6O2/c1-5-18-17(19-6-7-21(2)8-10-24-4)23-9-11-25-16(14-23)15-12-20-22(3)13-15/h12-13,16H,5-11,14H2,1-4H3,(H,18,19). The number of morpholine rings is 1. The minimum atomic E-state index is 0.0377. The van der Waals surface area contributed by atoms with Gasteiger partial charge in [-0.2, -0.15) is 5.10 Å². The summed E-state index contributed by atoms with van der Waals surface area (Å²) >= 11 is 0. The number of hydrogen-bond donors (Lipinski definition) is 1. The van der Waals surface area contributed by atoms with Gasteiger partial charge in [-0.1, -0.05) is 0 Å². The molecule has 1 aliphatic heterocycles. The van der Waals surface area contributed by atoms with Gasteiger partial charge < -0.3 is 24.6 Å². The van der Waals surface area contributed by atoms with Crippen LogP contribution in [-0.4, -0.2) is 92.2 Å². The zero-order valence-electron chi connectivity index (χ0n) is 15.9. The van der Waals surface area contributed by atoms with Crippen LogP contribution in [0.5, 0.6) is 0 Å². The highest BCUT2D eigenvalue weighted by atomic mass is 16.5. The molecule has 0 radical (unpaired) electrons. The smallest absolute Gasteiger partial charge is 0.194 e. The van der Waals surface area contributed by atoms with Crippen molar-refractivity contribution < 1.29 is 9.47 Å². The molecule has 1 atom stereocenters. The molecule has 0 amide bonds. The van der Waals surface area contributed by atoms with E-state index >= 15 is 0 Å². The van der Waals surface area contributed by atoms with Gasteiger partial charge in [0, 0.05) is 52.1 Å². The van der Waals surface area contributed by atoms with Gasteiger partial charge in [0.1, 0.15) is 6.10 Å². The Kier molecular flexibility index (Phi) is 8.17. The third kappa shape index (κ3) is 6.30. The first kappa shape index (κ1) is 19.7. The van der Waals surface area contributed by atoms with Crippen LogP contribution >= 0.6 is 0 Å². The first-order valence-corrected chi connectivity index (χ1v) is 8.95. The van der Waals surface area contributed by atoms with Crippen molar-refractivity contribution in [1.29, 1.82) is 0 Å². The SMILES string of the molecule is CCNC(=NCCN(C)CCOC)N1CCOC(c2cnn(C)c2)C1. The van der Waals surface area contributed by atoms with Crippen LogP contribution in [0, 0.1) is 0 Å². The molecule has 1 saturated heterocycles. The Labute approximate surface area is 150 Å². The van der Waals surface area contributed by atoms with Crippen molar-refractivity contribution in [3.63, 3.8) is 0 Å². The molecule has 2 rings (SSSR count). The van der Waals surface area contributed by atoms with Crippen LogP contribution in [0.15, 0.2) is 17.4 Å². The van der Waals surface area contributed by atoms with Crippen molar-refractivity contribution in [1.82, 2.24) is 24.9 Å². The second kappa shape index (κ2) is 10.4. The number of hydrogen-bond acceptors (Lipinski definition) is 5. The molecule has 0 saturated carbocycles. The minimum Gasteiger partial charge on any atom is -0.383 e. The second-order valence-corrected chi connectivity index (χ2v) is 6.28. The number of rotatable bonds is 8.